The summed E-state index contributed by atoms with van der Waals surface area (Å²) >= 11 is 0. The molecule has 1 aromatic rings. The fourth-order valence-corrected chi connectivity index (χ4v) is 3.26. The third-order valence-electron chi connectivity index (χ3n) is 4.91. The second kappa shape index (κ2) is 8.68. The molecule has 1 aliphatic heterocycles. The molecule has 29 heavy (non-hydrogen) atoms. The van der Waals surface area contributed by atoms with Gasteiger partial charge in [-0.25, -0.2) is 4.79 Å². The molecular weight excluding hydrogens is 370 g/mol. The molecule has 0 spiro atoms. The van der Waals surface area contributed by atoms with Gasteiger partial charge in [-0.05, 0) is 52.0 Å². The monoisotopic (exact) mass is 399 g/mol. The van der Waals surface area contributed by atoms with E-state index in [0.29, 0.717) is 31.5 Å². The average molecular weight is 399 g/mol. The summed E-state index contributed by atoms with van der Waals surface area (Å²) in [4.78, 5) is 38.8. The zero-order chi connectivity index (χ0) is 21.0. The molecule has 0 aromatic heterocycles. The van der Waals surface area contributed by atoms with E-state index in [1.165, 1.54) is 0 Å². The predicted molar refractivity (Wildman–Crippen MR) is 109 cm³/mol. The van der Waals surface area contributed by atoms with Crippen LogP contribution in [0, 0.1) is 5.92 Å². The number of nitrogens with one attached hydrogen (secondary N) is 2. The standard InChI is InChI=1S/C22H29N3O4/c1-22(2,3)29-21(28)25-13-11-16(12-14-25)18(15-7-5-4-6-8-15)20(27)24-23-19(26)17-9-10-17/h4-8,17H,9-14H2,1-3H3,(H,23,26)(H,24,27). The van der Waals surface area contributed by atoms with E-state index >= 15 is 0 Å². The lowest BCUT2D eigenvalue weighted by Crippen LogP contribution is -2.44. The van der Waals surface area contributed by atoms with E-state index < -0.39 is 5.60 Å². The smallest absolute Gasteiger partial charge is 0.410 e. The molecular formula is C22H29N3O4. The number of hydrogen-bond donors (Lipinski definition) is 2. The topological polar surface area (TPSA) is 87.7 Å². The maximum absolute atomic E-state index is 12.9. The van der Waals surface area contributed by atoms with Crippen molar-refractivity contribution in [2.24, 2.45) is 5.92 Å². The number of hydrogen-bond acceptors (Lipinski definition) is 4. The Morgan fingerprint density at radius 3 is 2.17 bits per heavy atom. The highest BCUT2D eigenvalue weighted by atomic mass is 16.6. The lowest BCUT2D eigenvalue weighted by molar-refractivity contribution is -0.127. The van der Waals surface area contributed by atoms with Gasteiger partial charge in [0, 0.05) is 24.6 Å². The minimum atomic E-state index is -0.540. The average Bonchev–Trinajstić information content (AvgIpc) is 3.52. The van der Waals surface area contributed by atoms with Gasteiger partial charge in [-0.1, -0.05) is 35.9 Å². The summed E-state index contributed by atoms with van der Waals surface area (Å²) < 4.78 is 5.44. The van der Waals surface area contributed by atoms with Crippen LogP contribution in [0.3, 0.4) is 0 Å². The highest BCUT2D eigenvalue weighted by molar-refractivity contribution is 6.20. The van der Waals surface area contributed by atoms with Crippen molar-refractivity contribution in [1.29, 1.82) is 0 Å². The Balaban J connectivity index is 1.72. The highest BCUT2D eigenvalue weighted by Gasteiger charge is 2.31. The van der Waals surface area contributed by atoms with Crippen molar-refractivity contribution in [3.63, 3.8) is 0 Å². The third-order valence-corrected chi connectivity index (χ3v) is 4.91. The van der Waals surface area contributed by atoms with Crippen LogP contribution in [0.25, 0.3) is 5.57 Å². The lowest BCUT2D eigenvalue weighted by Gasteiger charge is -2.31. The lowest BCUT2D eigenvalue weighted by atomic mass is 9.92. The SMILES string of the molecule is CC(C)(C)OC(=O)N1CCC(=C(C(=O)NNC(=O)C2CC2)c2ccccc2)CC1. The Bertz CT molecular complexity index is 797. The van der Waals surface area contributed by atoms with Crippen molar-refractivity contribution < 1.29 is 19.1 Å². The van der Waals surface area contributed by atoms with Gasteiger partial charge in [-0.3, -0.25) is 20.4 Å². The molecule has 7 nitrogen and oxygen atoms in total. The van der Waals surface area contributed by atoms with Crippen molar-refractivity contribution in [3.8, 4) is 0 Å². The first kappa shape index (κ1) is 20.9. The largest absolute Gasteiger partial charge is 0.444 e. The molecule has 156 valence electrons. The molecule has 2 aliphatic rings. The Labute approximate surface area is 171 Å². The number of nitrogens with zero attached hydrogens (tertiary/aromatic N) is 1. The fourth-order valence-electron chi connectivity index (χ4n) is 3.26. The van der Waals surface area contributed by atoms with Crippen molar-refractivity contribution >= 4 is 23.5 Å². The van der Waals surface area contributed by atoms with Gasteiger partial charge in [0.1, 0.15) is 5.60 Å². The molecule has 1 saturated carbocycles. The maximum Gasteiger partial charge on any atom is 0.410 e. The summed E-state index contributed by atoms with van der Waals surface area (Å²) in [5.41, 5.74) is 6.88. The van der Waals surface area contributed by atoms with E-state index in [9.17, 15) is 14.4 Å². The molecule has 0 radical (unpaired) electrons. The van der Waals surface area contributed by atoms with Crippen molar-refractivity contribution in [3.05, 3.63) is 41.5 Å². The maximum atomic E-state index is 12.9. The minimum absolute atomic E-state index is 0.0141. The number of benzene rings is 1. The first-order valence-corrected chi connectivity index (χ1v) is 10.1. The molecule has 7 heteroatoms. The van der Waals surface area contributed by atoms with Crippen LogP contribution in [0.5, 0.6) is 0 Å². The number of hydrazine groups is 1. The number of ether oxygens (including phenoxy) is 1. The van der Waals surface area contributed by atoms with Crippen molar-refractivity contribution in [2.45, 2.75) is 52.1 Å². The van der Waals surface area contributed by atoms with Crippen molar-refractivity contribution in [1.82, 2.24) is 15.8 Å². The first-order chi connectivity index (χ1) is 13.7. The molecule has 2 fully saturated rings. The van der Waals surface area contributed by atoms with Crippen LogP contribution in [0.15, 0.2) is 35.9 Å². The van der Waals surface area contributed by atoms with Gasteiger partial charge >= 0.3 is 6.09 Å². The minimum Gasteiger partial charge on any atom is -0.444 e. The Kier molecular flexibility index (Phi) is 6.25. The summed E-state index contributed by atoms with van der Waals surface area (Å²) in [7, 11) is 0. The van der Waals surface area contributed by atoms with E-state index in [0.717, 1.165) is 24.0 Å². The summed E-state index contributed by atoms with van der Waals surface area (Å²) in [5, 5.41) is 0. The number of carbonyl (C=O) groups is 3. The van der Waals surface area contributed by atoms with Crippen molar-refractivity contribution in [2.75, 3.05) is 13.1 Å². The second-order valence-electron chi connectivity index (χ2n) is 8.53. The van der Waals surface area contributed by atoms with Gasteiger partial charge in [0.15, 0.2) is 0 Å². The first-order valence-electron chi connectivity index (χ1n) is 10.1. The number of rotatable bonds is 3. The number of amides is 3. The van der Waals surface area contributed by atoms with Gasteiger partial charge in [0.05, 0.1) is 0 Å². The molecule has 1 aromatic carbocycles. The van der Waals surface area contributed by atoms with E-state index in [1.807, 2.05) is 51.1 Å². The second-order valence-corrected chi connectivity index (χ2v) is 8.53. The van der Waals surface area contributed by atoms with Crippen LogP contribution in [0.1, 0.15) is 52.0 Å². The van der Waals surface area contributed by atoms with Gasteiger partial charge < -0.3 is 9.64 Å². The number of carbonyl (C=O) groups excluding carboxylic acids is 3. The molecule has 2 N–H and O–H groups in total. The van der Waals surface area contributed by atoms with Gasteiger partial charge in [-0.2, -0.15) is 0 Å². The Morgan fingerprint density at radius 2 is 1.62 bits per heavy atom. The van der Waals surface area contributed by atoms with Gasteiger partial charge in [0.25, 0.3) is 5.91 Å². The molecule has 3 amide bonds. The van der Waals surface area contributed by atoms with Crippen LogP contribution in [-0.2, 0) is 14.3 Å². The van der Waals surface area contributed by atoms with Crippen LogP contribution >= 0.6 is 0 Å². The number of likely N-dealkylation sites (tertiary alicyclic amines) is 1. The molecule has 1 saturated heterocycles. The summed E-state index contributed by atoms with van der Waals surface area (Å²) in [5.74, 6) is -0.457. The van der Waals surface area contributed by atoms with Crippen LogP contribution in [-0.4, -0.2) is 41.5 Å². The summed E-state index contributed by atoms with van der Waals surface area (Å²) in [6, 6.07) is 9.41. The summed E-state index contributed by atoms with van der Waals surface area (Å²) in [6.07, 6.45) is 2.56. The summed E-state index contributed by atoms with van der Waals surface area (Å²) in [6.45, 7) is 6.50. The molecule has 0 unspecified atom stereocenters. The van der Waals surface area contributed by atoms with E-state index in [4.69, 9.17) is 4.74 Å². The fraction of sp³-hybridized carbons (Fsp3) is 0.500. The molecule has 0 atom stereocenters. The van der Waals surface area contributed by atoms with Crippen LogP contribution in [0.2, 0.25) is 0 Å². The Morgan fingerprint density at radius 1 is 1.00 bits per heavy atom. The Hall–Kier alpha value is -2.83. The highest BCUT2D eigenvalue weighted by Crippen LogP contribution is 2.29. The van der Waals surface area contributed by atoms with E-state index in [1.54, 1.807) is 4.90 Å². The number of piperidine rings is 1. The quantitative estimate of drug-likeness (QED) is 0.604. The molecule has 1 aliphatic carbocycles. The molecule has 1 heterocycles. The predicted octanol–water partition coefficient (Wildman–Crippen LogP) is 3.03. The normalized spacial score (nSPS) is 16.8. The van der Waals surface area contributed by atoms with Gasteiger partial charge in [0.2, 0.25) is 5.91 Å². The van der Waals surface area contributed by atoms with E-state index in [-0.39, 0.29) is 23.8 Å². The molecule has 3 rings (SSSR count). The zero-order valence-corrected chi connectivity index (χ0v) is 17.3. The molecule has 0 bridgehead atoms. The van der Waals surface area contributed by atoms with Gasteiger partial charge in [-0.15, -0.1) is 0 Å². The zero-order valence-electron chi connectivity index (χ0n) is 17.3. The third kappa shape index (κ3) is 5.82. The van der Waals surface area contributed by atoms with Crippen LogP contribution in [0.4, 0.5) is 4.79 Å². The van der Waals surface area contributed by atoms with E-state index in [2.05, 4.69) is 10.9 Å². The van der Waals surface area contributed by atoms with Crippen LogP contribution < -0.4 is 10.9 Å².